The van der Waals surface area contributed by atoms with Crippen molar-refractivity contribution in [2.75, 3.05) is 18.0 Å². The summed E-state index contributed by atoms with van der Waals surface area (Å²) >= 11 is 1.66. The second-order valence-corrected chi connectivity index (χ2v) is 6.63. The van der Waals surface area contributed by atoms with Crippen molar-refractivity contribution >= 4 is 23.4 Å². The van der Waals surface area contributed by atoms with Gasteiger partial charge in [-0.15, -0.1) is 0 Å². The normalized spacial score (nSPS) is 21.9. The van der Waals surface area contributed by atoms with Gasteiger partial charge in [0.15, 0.2) is 6.29 Å². The van der Waals surface area contributed by atoms with Crippen molar-refractivity contribution in [3.05, 3.63) is 34.2 Å². The van der Waals surface area contributed by atoms with E-state index in [1.54, 1.807) is 11.3 Å². The Kier molecular flexibility index (Phi) is 4.27. The average molecular weight is 316 g/mol. The molecule has 0 aliphatic carbocycles. The minimum Gasteiger partial charge on any atom is -0.372 e. The van der Waals surface area contributed by atoms with Crippen LogP contribution in [0.5, 0.6) is 0 Å². The average Bonchev–Trinajstić information content (AvgIpc) is 2.91. The molecule has 0 N–H and O–H groups in total. The molecule has 0 saturated carbocycles. The highest BCUT2D eigenvalue weighted by Crippen LogP contribution is 2.30. The van der Waals surface area contributed by atoms with E-state index < -0.39 is 0 Å². The number of pyridine rings is 1. The lowest BCUT2D eigenvalue weighted by molar-refractivity contribution is -0.00549. The van der Waals surface area contributed by atoms with Crippen molar-refractivity contribution in [3.63, 3.8) is 0 Å². The number of rotatable bonds is 3. The summed E-state index contributed by atoms with van der Waals surface area (Å²) in [5.74, 6) is 0.758. The molecule has 0 radical (unpaired) electrons. The van der Waals surface area contributed by atoms with E-state index in [-0.39, 0.29) is 12.2 Å². The molecule has 0 amide bonds. The second kappa shape index (κ2) is 6.18. The maximum atomic E-state index is 11.5. The van der Waals surface area contributed by atoms with Crippen LogP contribution in [-0.4, -0.2) is 36.6 Å². The van der Waals surface area contributed by atoms with Gasteiger partial charge in [-0.25, -0.2) is 4.98 Å². The van der Waals surface area contributed by atoms with E-state index in [1.165, 1.54) is 5.56 Å². The Morgan fingerprint density at radius 1 is 1.32 bits per heavy atom. The smallest absolute Gasteiger partial charge is 0.153 e. The first-order chi connectivity index (χ1) is 10.6. The molecule has 0 unspecified atom stereocenters. The van der Waals surface area contributed by atoms with E-state index in [0.29, 0.717) is 5.56 Å². The molecule has 5 heteroatoms. The molecular weight excluding hydrogens is 296 g/mol. The topological polar surface area (TPSA) is 42.4 Å². The van der Waals surface area contributed by atoms with Crippen molar-refractivity contribution in [1.82, 2.24) is 4.98 Å². The van der Waals surface area contributed by atoms with Gasteiger partial charge in [0, 0.05) is 24.8 Å². The minimum absolute atomic E-state index is 0.142. The van der Waals surface area contributed by atoms with Gasteiger partial charge < -0.3 is 9.64 Å². The summed E-state index contributed by atoms with van der Waals surface area (Å²) in [5, 5.41) is 4.20. The van der Waals surface area contributed by atoms with E-state index in [9.17, 15) is 4.79 Å². The molecule has 0 bridgehead atoms. The summed E-state index contributed by atoms with van der Waals surface area (Å²) in [4.78, 5) is 18.3. The molecule has 0 spiro atoms. The number of nitrogens with zero attached hydrogens (tertiary/aromatic N) is 2. The summed E-state index contributed by atoms with van der Waals surface area (Å²) in [5.41, 5.74) is 4.00. The number of aldehydes is 1. The molecule has 1 fully saturated rings. The summed E-state index contributed by atoms with van der Waals surface area (Å²) in [7, 11) is 0. The maximum Gasteiger partial charge on any atom is 0.153 e. The Bertz CT molecular complexity index is 673. The minimum atomic E-state index is 0.142. The first-order valence-electron chi connectivity index (χ1n) is 7.47. The zero-order valence-corrected chi connectivity index (χ0v) is 13.9. The van der Waals surface area contributed by atoms with E-state index in [4.69, 9.17) is 4.74 Å². The van der Waals surface area contributed by atoms with E-state index in [1.807, 2.05) is 26.1 Å². The fraction of sp³-hybridized carbons (Fsp3) is 0.412. The maximum absolute atomic E-state index is 11.5. The van der Waals surface area contributed by atoms with Gasteiger partial charge in [-0.2, -0.15) is 11.3 Å². The van der Waals surface area contributed by atoms with E-state index in [2.05, 4.69) is 27.6 Å². The molecule has 3 heterocycles. The molecule has 0 aromatic carbocycles. The Labute approximate surface area is 134 Å². The number of morpholine rings is 1. The number of carbonyl (C=O) groups excluding carboxylic acids is 1. The van der Waals surface area contributed by atoms with Gasteiger partial charge in [-0.1, -0.05) is 0 Å². The van der Waals surface area contributed by atoms with E-state index in [0.717, 1.165) is 36.3 Å². The van der Waals surface area contributed by atoms with Gasteiger partial charge in [0.05, 0.1) is 17.8 Å². The molecule has 2 aromatic heterocycles. The van der Waals surface area contributed by atoms with Crippen molar-refractivity contribution in [2.24, 2.45) is 0 Å². The zero-order chi connectivity index (χ0) is 15.7. The summed E-state index contributed by atoms with van der Waals surface area (Å²) < 4.78 is 5.75. The Balaban J connectivity index is 1.96. The highest BCUT2D eigenvalue weighted by molar-refractivity contribution is 7.08. The van der Waals surface area contributed by atoms with Crippen LogP contribution in [0.3, 0.4) is 0 Å². The third-order valence-corrected chi connectivity index (χ3v) is 4.77. The van der Waals surface area contributed by atoms with Crippen LogP contribution in [0.15, 0.2) is 23.0 Å². The zero-order valence-electron chi connectivity index (χ0n) is 13.1. The van der Waals surface area contributed by atoms with Gasteiger partial charge in [0.25, 0.3) is 0 Å². The Hall–Kier alpha value is -1.72. The third kappa shape index (κ3) is 2.91. The van der Waals surface area contributed by atoms with Crippen LogP contribution < -0.4 is 4.90 Å². The molecule has 1 saturated heterocycles. The number of thiophene rings is 1. The molecule has 1 aliphatic heterocycles. The van der Waals surface area contributed by atoms with Gasteiger partial charge >= 0.3 is 0 Å². The van der Waals surface area contributed by atoms with Gasteiger partial charge in [-0.3, -0.25) is 4.79 Å². The van der Waals surface area contributed by atoms with Crippen LogP contribution in [0.4, 0.5) is 5.82 Å². The lowest BCUT2D eigenvalue weighted by atomic mass is 10.1. The standard InChI is InChI=1S/C17H20N2O2S/c1-11-9-22-10-16(11)14-4-15(8-20)17(18-5-14)19-6-12(2)21-13(3)7-19/h4-5,8-10,12-13H,6-7H2,1-3H3/t12-,13+. The predicted molar refractivity (Wildman–Crippen MR) is 89.9 cm³/mol. The van der Waals surface area contributed by atoms with Crippen molar-refractivity contribution in [2.45, 2.75) is 33.0 Å². The summed E-state index contributed by atoms with van der Waals surface area (Å²) in [6.45, 7) is 7.69. The first kappa shape index (κ1) is 15.2. The van der Waals surface area contributed by atoms with Crippen molar-refractivity contribution in [1.29, 1.82) is 0 Å². The van der Waals surface area contributed by atoms with Gasteiger partial charge in [0.1, 0.15) is 5.82 Å². The Morgan fingerprint density at radius 2 is 2.05 bits per heavy atom. The number of hydrogen-bond donors (Lipinski definition) is 0. The largest absolute Gasteiger partial charge is 0.372 e. The highest BCUT2D eigenvalue weighted by Gasteiger charge is 2.25. The predicted octanol–water partition coefficient (Wildman–Crippen LogP) is 3.54. The molecule has 2 atom stereocenters. The third-order valence-electron chi connectivity index (χ3n) is 3.91. The molecule has 2 aromatic rings. The lowest BCUT2D eigenvalue weighted by Gasteiger charge is -2.36. The van der Waals surface area contributed by atoms with Crippen molar-refractivity contribution < 1.29 is 9.53 Å². The van der Waals surface area contributed by atoms with Gasteiger partial charge in [0.2, 0.25) is 0 Å². The van der Waals surface area contributed by atoms with Crippen molar-refractivity contribution in [3.8, 4) is 11.1 Å². The van der Waals surface area contributed by atoms with Crippen LogP contribution in [0.1, 0.15) is 29.8 Å². The van der Waals surface area contributed by atoms with Crippen LogP contribution in [0.25, 0.3) is 11.1 Å². The molecule has 4 nitrogen and oxygen atoms in total. The fourth-order valence-corrected chi connectivity index (χ4v) is 3.84. The quantitative estimate of drug-likeness (QED) is 0.812. The molecule has 22 heavy (non-hydrogen) atoms. The SMILES string of the molecule is Cc1cscc1-c1cnc(N2C[C@@H](C)O[C@@H](C)C2)c(C=O)c1. The Morgan fingerprint density at radius 3 is 2.64 bits per heavy atom. The van der Waals surface area contributed by atoms with E-state index >= 15 is 0 Å². The first-order valence-corrected chi connectivity index (χ1v) is 8.41. The molecular formula is C17H20N2O2S. The van der Waals surface area contributed by atoms with Gasteiger partial charge in [-0.05, 0) is 48.7 Å². The number of aryl methyl sites for hydroxylation is 1. The monoisotopic (exact) mass is 316 g/mol. The number of ether oxygens (including phenoxy) is 1. The molecule has 116 valence electrons. The second-order valence-electron chi connectivity index (χ2n) is 5.89. The van der Waals surface area contributed by atoms with Crippen LogP contribution >= 0.6 is 11.3 Å². The number of hydrogen-bond acceptors (Lipinski definition) is 5. The summed E-state index contributed by atoms with van der Waals surface area (Å²) in [6, 6.07) is 1.94. The number of carbonyl (C=O) groups is 1. The number of aromatic nitrogens is 1. The highest BCUT2D eigenvalue weighted by atomic mass is 32.1. The van der Waals surface area contributed by atoms with Crippen LogP contribution in [0, 0.1) is 6.92 Å². The lowest BCUT2D eigenvalue weighted by Crippen LogP contribution is -2.46. The van der Waals surface area contributed by atoms with Crippen LogP contribution in [-0.2, 0) is 4.74 Å². The fourth-order valence-electron chi connectivity index (χ4n) is 2.98. The summed E-state index contributed by atoms with van der Waals surface area (Å²) in [6.07, 6.45) is 3.05. The molecule has 3 rings (SSSR count). The van der Waals surface area contributed by atoms with Crippen LogP contribution in [0.2, 0.25) is 0 Å². The molecule has 1 aliphatic rings. The number of anilines is 1.